The minimum atomic E-state index is 0.864. The summed E-state index contributed by atoms with van der Waals surface area (Å²) >= 11 is 0. The lowest BCUT2D eigenvalue weighted by molar-refractivity contribution is 0.673. The fourth-order valence-corrected chi connectivity index (χ4v) is 7.70. The van der Waals surface area contributed by atoms with Crippen LogP contribution in [-0.2, 0) is 0 Å². The highest BCUT2D eigenvalue weighted by Gasteiger charge is 2.25. The van der Waals surface area contributed by atoms with Crippen LogP contribution in [0.25, 0.3) is 76.5 Å². The molecule has 0 aliphatic heterocycles. The second-order valence-corrected chi connectivity index (χ2v) is 12.9. The van der Waals surface area contributed by atoms with Crippen LogP contribution in [0.3, 0.4) is 0 Å². The number of hydrogen-bond donors (Lipinski definition) is 0. The van der Waals surface area contributed by atoms with Crippen molar-refractivity contribution >= 4 is 71.3 Å². The monoisotopic (exact) mass is 637 g/mol. The summed E-state index contributed by atoms with van der Waals surface area (Å²) in [5.41, 5.74) is 9.59. The Kier molecular flexibility index (Phi) is 6.53. The van der Waals surface area contributed by atoms with Gasteiger partial charge in [0.1, 0.15) is 5.58 Å². The van der Waals surface area contributed by atoms with Gasteiger partial charge in [0.2, 0.25) is 0 Å². The molecule has 0 amide bonds. The van der Waals surface area contributed by atoms with E-state index in [0.717, 1.165) is 55.5 Å². The first-order valence-electron chi connectivity index (χ1n) is 17.1. The van der Waals surface area contributed by atoms with Crippen LogP contribution >= 0.6 is 0 Å². The van der Waals surface area contributed by atoms with Crippen molar-refractivity contribution in [3.63, 3.8) is 0 Å². The van der Waals surface area contributed by atoms with Crippen LogP contribution in [0.5, 0.6) is 0 Å². The molecule has 0 unspecified atom stereocenters. The molecule has 0 bridgehead atoms. The van der Waals surface area contributed by atoms with Crippen molar-refractivity contribution in [3.8, 4) is 22.3 Å². The zero-order valence-electron chi connectivity index (χ0n) is 27.3. The Bertz CT molecular complexity index is 2850. The molecule has 10 aromatic rings. The van der Waals surface area contributed by atoms with Crippen LogP contribution in [-0.4, -0.2) is 0 Å². The van der Waals surface area contributed by atoms with E-state index in [-0.39, 0.29) is 0 Å². The van der Waals surface area contributed by atoms with E-state index in [1.54, 1.807) is 0 Å². The summed E-state index contributed by atoms with van der Waals surface area (Å²) in [5, 5.41) is 9.40. The van der Waals surface area contributed by atoms with Gasteiger partial charge in [0.25, 0.3) is 0 Å². The van der Waals surface area contributed by atoms with E-state index in [0.29, 0.717) is 0 Å². The highest BCUT2D eigenvalue weighted by Crippen LogP contribution is 2.49. The summed E-state index contributed by atoms with van der Waals surface area (Å²) < 4.78 is 7.23. The van der Waals surface area contributed by atoms with Gasteiger partial charge in [0.05, 0.1) is 5.69 Å². The van der Waals surface area contributed by atoms with Gasteiger partial charge in [-0.05, 0) is 79.5 Å². The lowest BCUT2D eigenvalue weighted by Gasteiger charge is -2.26. The van der Waals surface area contributed by atoms with Crippen LogP contribution < -0.4 is 4.90 Å². The van der Waals surface area contributed by atoms with Gasteiger partial charge >= 0.3 is 0 Å². The molecule has 0 saturated heterocycles. The molecule has 10 rings (SSSR count). The molecule has 0 saturated carbocycles. The largest absolute Gasteiger partial charge is 0.453 e. The van der Waals surface area contributed by atoms with E-state index in [2.05, 4.69) is 193 Å². The van der Waals surface area contributed by atoms with E-state index in [1.807, 2.05) is 0 Å². The third-order valence-electron chi connectivity index (χ3n) is 10.0. The first kappa shape index (κ1) is 28.4. The molecule has 0 atom stereocenters. The molecule has 1 heterocycles. The van der Waals surface area contributed by atoms with Crippen LogP contribution in [0.1, 0.15) is 0 Å². The average molecular weight is 638 g/mol. The van der Waals surface area contributed by atoms with E-state index in [1.165, 1.54) is 38.1 Å². The van der Waals surface area contributed by atoms with Gasteiger partial charge in [-0.15, -0.1) is 0 Å². The van der Waals surface area contributed by atoms with Gasteiger partial charge in [-0.25, -0.2) is 0 Å². The molecular weight excluding hydrogens is 607 g/mol. The lowest BCUT2D eigenvalue weighted by atomic mass is 9.93. The first-order chi connectivity index (χ1) is 24.8. The Hall–Kier alpha value is -6.64. The normalized spacial score (nSPS) is 11.6. The second-order valence-electron chi connectivity index (χ2n) is 12.9. The van der Waals surface area contributed by atoms with Crippen LogP contribution in [0.2, 0.25) is 0 Å². The van der Waals surface area contributed by atoms with Gasteiger partial charge in [0, 0.05) is 27.5 Å². The van der Waals surface area contributed by atoms with Crippen molar-refractivity contribution in [1.82, 2.24) is 0 Å². The maximum Gasteiger partial charge on any atom is 0.160 e. The first-order valence-corrected chi connectivity index (χ1v) is 17.1. The summed E-state index contributed by atoms with van der Waals surface area (Å²) in [7, 11) is 0. The van der Waals surface area contributed by atoms with E-state index >= 15 is 0 Å². The van der Waals surface area contributed by atoms with Crippen LogP contribution in [0, 0.1) is 0 Å². The van der Waals surface area contributed by atoms with Crippen molar-refractivity contribution in [2.24, 2.45) is 0 Å². The quantitative estimate of drug-likeness (QED) is 0.175. The molecule has 1 aromatic heterocycles. The molecule has 0 N–H and O–H groups in total. The number of nitrogens with zero attached hydrogens (tertiary/aromatic N) is 1. The number of hydrogen-bond acceptors (Lipinski definition) is 2. The number of fused-ring (bicyclic) bond motifs is 9. The maximum atomic E-state index is 7.23. The fraction of sp³-hybridized carbons (Fsp3) is 0. The Balaban J connectivity index is 1.32. The molecule has 0 spiro atoms. The topological polar surface area (TPSA) is 16.4 Å². The van der Waals surface area contributed by atoms with Crippen molar-refractivity contribution in [2.75, 3.05) is 4.90 Å². The molecule has 50 heavy (non-hydrogen) atoms. The Morgan fingerprint density at radius 2 is 0.900 bits per heavy atom. The standard InChI is InChI=1S/C48H31NO/c1-3-13-32(14-4-1)34-23-26-37(27-24-34)49(38-28-25-33-15-7-8-18-36(33)31-38)44-30-29-39(35-16-5-2-6-17-35)45-46-42-21-11-9-19-40(42)41-20-10-12-22-43(41)47(46)50-48(44)45/h1-31H. The second kappa shape index (κ2) is 11.5. The highest BCUT2D eigenvalue weighted by molar-refractivity contribution is 6.33. The number of furan rings is 1. The fourth-order valence-electron chi connectivity index (χ4n) is 7.70. The molecule has 2 heteroatoms. The highest BCUT2D eigenvalue weighted by atomic mass is 16.3. The SMILES string of the molecule is c1ccc(-c2ccc(N(c3ccc4ccccc4c3)c3ccc(-c4ccccc4)c4c3oc3c5ccccc5c5ccccc5c34)cc2)cc1. The Morgan fingerprint density at radius 3 is 1.64 bits per heavy atom. The number of benzene rings is 9. The average Bonchev–Trinajstić information content (AvgIpc) is 3.61. The van der Waals surface area contributed by atoms with Gasteiger partial charge in [-0.1, -0.05) is 158 Å². The van der Waals surface area contributed by atoms with Gasteiger partial charge < -0.3 is 9.32 Å². The maximum absolute atomic E-state index is 7.23. The molecule has 9 aromatic carbocycles. The van der Waals surface area contributed by atoms with E-state index < -0.39 is 0 Å². The summed E-state index contributed by atoms with van der Waals surface area (Å²) in [6.45, 7) is 0. The van der Waals surface area contributed by atoms with Crippen molar-refractivity contribution in [2.45, 2.75) is 0 Å². The zero-order valence-corrected chi connectivity index (χ0v) is 27.3. The summed E-state index contributed by atoms with van der Waals surface area (Å²) in [6.07, 6.45) is 0. The Labute approximate surface area is 290 Å². The smallest absolute Gasteiger partial charge is 0.160 e. The van der Waals surface area contributed by atoms with Crippen molar-refractivity contribution in [3.05, 3.63) is 188 Å². The molecular formula is C48H31NO. The predicted molar refractivity (Wildman–Crippen MR) is 212 cm³/mol. The number of rotatable bonds is 5. The molecule has 0 radical (unpaired) electrons. The van der Waals surface area contributed by atoms with Gasteiger partial charge in [-0.3, -0.25) is 0 Å². The molecule has 0 aliphatic rings. The molecule has 2 nitrogen and oxygen atoms in total. The van der Waals surface area contributed by atoms with E-state index in [9.17, 15) is 0 Å². The molecule has 0 aliphatic carbocycles. The third kappa shape index (κ3) is 4.50. The predicted octanol–water partition coefficient (Wildman–Crippen LogP) is 13.8. The van der Waals surface area contributed by atoms with Gasteiger partial charge in [-0.2, -0.15) is 0 Å². The third-order valence-corrected chi connectivity index (χ3v) is 10.0. The summed E-state index contributed by atoms with van der Waals surface area (Å²) in [4.78, 5) is 2.35. The summed E-state index contributed by atoms with van der Waals surface area (Å²) in [5.74, 6) is 0. The molecule has 234 valence electrons. The lowest BCUT2D eigenvalue weighted by Crippen LogP contribution is -2.10. The van der Waals surface area contributed by atoms with E-state index in [4.69, 9.17) is 4.42 Å². The Morgan fingerprint density at radius 1 is 0.340 bits per heavy atom. The van der Waals surface area contributed by atoms with Crippen molar-refractivity contribution < 1.29 is 4.42 Å². The number of anilines is 3. The van der Waals surface area contributed by atoms with Crippen LogP contribution in [0.15, 0.2) is 192 Å². The summed E-state index contributed by atoms with van der Waals surface area (Å²) in [6, 6.07) is 67.3. The molecule has 0 fully saturated rings. The van der Waals surface area contributed by atoms with Gasteiger partial charge in [0.15, 0.2) is 5.58 Å². The minimum Gasteiger partial charge on any atom is -0.453 e. The zero-order chi connectivity index (χ0) is 33.0. The minimum absolute atomic E-state index is 0.864. The van der Waals surface area contributed by atoms with Crippen molar-refractivity contribution in [1.29, 1.82) is 0 Å². The van der Waals surface area contributed by atoms with Crippen LogP contribution in [0.4, 0.5) is 17.1 Å².